The lowest BCUT2D eigenvalue weighted by Gasteiger charge is -2.20. The van der Waals surface area contributed by atoms with Crippen LogP contribution in [0.4, 0.5) is 0 Å². The van der Waals surface area contributed by atoms with Gasteiger partial charge in [0.05, 0.1) is 31.7 Å². The van der Waals surface area contributed by atoms with E-state index in [1.807, 2.05) is 12.1 Å². The summed E-state index contributed by atoms with van der Waals surface area (Å²) in [6, 6.07) is 3.95. The summed E-state index contributed by atoms with van der Waals surface area (Å²) >= 11 is 0. The van der Waals surface area contributed by atoms with Gasteiger partial charge in [0.1, 0.15) is 5.69 Å². The summed E-state index contributed by atoms with van der Waals surface area (Å²) in [7, 11) is 0. The summed E-state index contributed by atoms with van der Waals surface area (Å²) < 4.78 is 20.8. The van der Waals surface area contributed by atoms with Gasteiger partial charge >= 0.3 is 0 Å². The van der Waals surface area contributed by atoms with Crippen molar-refractivity contribution in [3.8, 4) is 34.4 Å². The average Bonchev–Trinajstić information content (AvgIpc) is 3.21. The molecule has 7 nitrogen and oxygen atoms in total. The molecule has 0 aliphatic carbocycles. The van der Waals surface area contributed by atoms with Gasteiger partial charge in [0.15, 0.2) is 17.1 Å². The lowest BCUT2D eigenvalue weighted by Crippen LogP contribution is -2.07. The zero-order valence-corrected chi connectivity index (χ0v) is 23.9. The zero-order valence-electron chi connectivity index (χ0n) is 23.9. The van der Waals surface area contributed by atoms with Crippen LogP contribution in [0.5, 0.6) is 23.1 Å². The highest BCUT2D eigenvalue weighted by molar-refractivity contribution is 5.74. The van der Waals surface area contributed by atoms with E-state index < -0.39 is 0 Å². The zero-order chi connectivity index (χ0) is 27.2. The predicted molar refractivity (Wildman–Crippen MR) is 154 cm³/mol. The molecule has 38 heavy (non-hydrogen) atoms. The lowest BCUT2D eigenvalue weighted by atomic mass is 10.1. The van der Waals surface area contributed by atoms with Gasteiger partial charge in [0.25, 0.3) is 0 Å². The normalized spacial score (nSPS) is 11.3. The summed E-state index contributed by atoms with van der Waals surface area (Å²) in [4.78, 5) is 9.04. The lowest BCUT2D eigenvalue weighted by molar-refractivity contribution is 0.235. The van der Waals surface area contributed by atoms with Crippen molar-refractivity contribution < 1.29 is 19.3 Å². The molecule has 0 aliphatic rings. The van der Waals surface area contributed by atoms with Gasteiger partial charge in [-0.1, -0.05) is 78.6 Å². The van der Waals surface area contributed by atoms with Crippen molar-refractivity contribution in [3.63, 3.8) is 0 Å². The smallest absolute Gasteiger partial charge is 0.219 e. The number of nitrogens with zero attached hydrogens (tertiary/aromatic N) is 3. The van der Waals surface area contributed by atoms with E-state index in [1.54, 1.807) is 23.7 Å². The molecule has 0 aliphatic heterocycles. The maximum atomic E-state index is 10.5. The van der Waals surface area contributed by atoms with Crippen LogP contribution in [-0.4, -0.2) is 39.3 Å². The molecule has 0 atom stereocenters. The van der Waals surface area contributed by atoms with Crippen molar-refractivity contribution in [2.24, 2.45) is 0 Å². The van der Waals surface area contributed by atoms with Crippen LogP contribution in [0, 0.1) is 6.92 Å². The molecule has 0 amide bonds. The minimum absolute atomic E-state index is 0.116. The molecule has 7 heteroatoms. The third-order valence-corrected chi connectivity index (χ3v) is 6.75. The van der Waals surface area contributed by atoms with E-state index in [2.05, 4.69) is 30.7 Å². The Hall–Kier alpha value is -2.96. The maximum absolute atomic E-state index is 10.5. The number of benzene rings is 1. The first kappa shape index (κ1) is 29.6. The van der Waals surface area contributed by atoms with E-state index in [4.69, 9.17) is 14.2 Å². The van der Waals surface area contributed by atoms with Crippen molar-refractivity contribution in [2.45, 2.75) is 105 Å². The summed E-state index contributed by atoms with van der Waals surface area (Å²) in [5.74, 6) is 2.14. The minimum Gasteiger partial charge on any atom is -0.493 e. The second-order valence-electron chi connectivity index (χ2n) is 10.0. The quantitative estimate of drug-likeness (QED) is 0.159. The highest BCUT2D eigenvalue weighted by Gasteiger charge is 2.21. The van der Waals surface area contributed by atoms with Crippen LogP contribution in [0.1, 0.15) is 104 Å². The number of unbranched alkanes of at least 4 members (excludes halogenated alkanes) is 9. The molecule has 0 saturated carbocycles. The highest BCUT2D eigenvalue weighted by atomic mass is 16.5. The fraction of sp³-hybridized carbons (Fsp3) is 0.613. The maximum Gasteiger partial charge on any atom is 0.219 e. The second kappa shape index (κ2) is 16.1. The summed E-state index contributed by atoms with van der Waals surface area (Å²) in [6.07, 6.45) is 17.0. The SMILES string of the molecule is CCCCCCOc1ccc(-c2cn3c(O)c(C)nc3cn2)c(OCCCCCC)c1OCCCCCC. The third kappa shape index (κ3) is 8.27. The molecule has 3 aromatic rings. The molecule has 1 N–H and O–H groups in total. The largest absolute Gasteiger partial charge is 0.493 e. The van der Waals surface area contributed by atoms with E-state index in [1.165, 1.54) is 38.5 Å². The molecule has 210 valence electrons. The van der Waals surface area contributed by atoms with Crippen molar-refractivity contribution in [1.29, 1.82) is 0 Å². The number of hydrogen-bond donors (Lipinski definition) is 1. The Bertz CT molecular complexity index is 1110. The molecular weight excluding hydrogens is 478 g/mol. The Labute approximate surface area is 228 Å². The average molecular weight is 526 g/mol. The first-order valence-electron chi connectivity index (χ1n) is 14.7. The number of imidazole rings is 1. The summed E-state index contributed by atoms with van der Waals surface area (Å²) in [5.41, 5.74) is 2.67. The van der Waals surface area contributed by atoms with Gasteiger partial charge in [0.2, 0.25) is 11.6 Å². The number of fused-ring (bicyclic) bond motifs is 1. The molecule has 1 aromatic carbocycles. The molecule has 0 bridgehead atoms. The number of hydrogen-bond acceptors (Lipinski definition) is 6. The highest BCUT2D eigenvalue weighted by Crippen LogP contribution is 2.45. The minimum atomic E-state index is 0.116. The standard InChI is InChI=1S/C31H47N3O4/c1-5-8-11-14-19-36-27-18-17-25(26-23-34-28(22-32-26)33-24(4)31(34)35)29(37-20-15-12-9-6-2)30(27)38-21-16-13-10-7-3/h17-18,22-23,35H,5-16,19-21H2,1-4H3. The molecule has 0 radical (unpaired) electrons. The first-order chi connectivity index (χ1) is 18.6. The van der Waals surface area contributed by atoms with Crippen LogP contribution >= 0.6 is 0 Å². The van der Waals surface area contributed by atoms with Crippen LogP contribution in [0.25, 0.3) is 16.9 Å². The number of ether oxygens (including phenoxy) is 3. The Balaban J connectivity index is 1.96. The van der Waals surface area contributed by atoms with E-state index >= 15 is 0 Å². The van der Waals surface area contributed by atoms with E-state index in [0.717, 1.165) is 44.1 Å². The van der Waals surface area contributed by atoms with Gasteiger partial charge in [-0.3, -0.25) is 9.38 Å². The number of aromatic hydroxyl groups is 1. The summed E-state index contributed by atoms with van der Waals surface area (Å²) in [6.45, 7) is 10.3. The first-order valence-corrected chi connectivity index (χ1v) is 14.7. The molecule has 3 rings (SSSR count). The van der Waals surface area contributed by atoms with Gasteiger partial charge in [-0.25, -0.2) is 4.98 Å². The molecule has 2 heterocycles. The number of aryl methyl sites for hydroxylation is 1. The van der Waals surface area contributed by atoms with Crippen molar-refractivity contribution in [1.82, 2.24) is 14.4 Å². The number of rotatable bonds is 19. The van der Waals surface area contributed by atoms with Crippen LogP contribution < -0.4 is 14.2 Å². The van der Waals surface area contributed by atoms with Crippen molar-refractivity contribution >= 4 is 5.65 Å². The Morgan fingerprint density at radius 1 is 0.737 bits per heavy atom. The molecule has 2 aromatic heterocycles. The topological polar surface area (TPSA) is 78.1 Å². The predicted octanol–water partition coefficient (Wildman–Crippen LogP) is 8.29. The van der Waals surface area contributed by atoms with Crippen LogP contribution in [0.15, 0.2) is 24.5 Å². The van der Waals surface area contributed by atoms with Gasteiger partial charge < -0.3 is 19.3 Å². The Kier molecular flexibility index (Phi) is 12.5. The van der Waals surface area contributed by atoms with E-state index in [-0.39, 0.29) is 5.88 Å². The van der Waals surface area contributed by atoms with E-state index in [9.17, 15) is 5.11 Å². The molecule has 0 saturated heterocycles. The molecule has 0 fully saturated rings. The van der Waals surface area contributed by atoms with Crippen LogP contribution in [-0.2, 0) is 0 Å². The van der Waals surface area contributed by atoms with Gasteiger partial charge in [0, 0.05) is 11.8 Å². The fourth-order valence-corrected chi connectivity index (χ4v) is 4.46. The van der Waals surface area contributed by atoms with Crippen molar-refractivity contribution in [3.05, 3.63) is 30.2 Å². The molecular formula is C31H47N3O4. The Morgan fingerprint density at radius 2 is 1.32 bits per heavy atom. The van der Waals surface area contributed by atoms with Crippen molar-refractivity contribution in [2.75, 3.05) is 19.8 Å². The van der Waals surface area contributed by atoms with Gasteiger partial charge in [-0.15, -0.1) is 0 Å². The van der Waals surface area contributed by atoms with Crippen LogP contribution in [0.3, 0.4) is 0 Å². The Morgan fingerprint density at radius 3 is 1.92 bits per heavy atom. The van der Waals surface area contributed by atoms with Crippen LogP contribution in [0.2, 0.25) is 0 Å². The molecule has 0 unspecified atom stereocenters. The third-order valence-electron chi connectivity index (χ3n) is 6.75. The molecule has 0 spiro atoms. The summed E-state index contributed by atoms with van der Waals surface area (Å²) in [5, 5.41) is 10.5. The van der Waals surface area contributed by atoms with Gasteiger partial charge in [-0.05, 0) is 38.3 Å². The fourth-order valence-electron chi connectivity index (χ4n) is 4.46. The number of aromatic nitrogens is 3. The second-order valence-corrected chi connectivity index (χ2v) is 10.0. The van der Waals surface area contributed by atoms with Gasteiger partial charge in [-0.2, -0.15) is 0 Å². The monoisotopic (exact) mass is 525 g/mol. The van der Waals surface area contributed by atoms with E-state index in [0.29, 0.717) is 54.1 Å².